The second-order valence-corrected chi connectivity index (χ2v) is 13.6. The number of benzene rings is 2. The van der Waals surface area contributed by atoms with Gasteiger partial charge in [0.05, 0.1) is 19.3 Å². The fourth-order valence-electron chi connectivity index (χ4n) is 7.29. The van der Waals surface area contributed by atoms with E-state index in [9.17, 15) is 45.6 Å². The van der Waals surface area contributed by atoms with E-state index in [4.69, 9.17) is 14.2 Å². The van der Waals surface area contributed by atoms with Gasteiger partial charge in [0, 0.05) is 29.6 Å². The van der Waals surface area contributed by atoms with Crippen LogP contribution < -0.4 is 0 Å². The standard InChI is InChI=1S/C37H43NO12/c1-19(2)48-36(47)38-13-11-37(12-14-38)24-15-20(5-9-26-30(41)34(45)32(43)28(17-39)49-26)3-7-22(24)23-8-4-21(16-25(23)37)6-10-27-31(42)35(46)33(44)29(18-40)50-27/h3-4,7-8,15-16,19,26-35,39-46H,11-14,17-18H2,1-2H3/t26-,27-,28-,29-,30-,31-,32-,33-,34-,35-/m1/s1. The molecular formula is C37H43NO12. The molecule has 1 spiro atoms. The molecule has 0 aromatic heterocycles. The molecule has 4 aliphatic rings. The molecule has 3 heterocycles. The molecule has 3 aliphatic heterocycles. The summed E-state index contributed by atoms with van der Waals surface area (Å²) in [7, 11) is 0. The highest BCUT2D eigenvalue weighted by molar-refractivity contribution is 5.83. The number of nitrogens with zero attached hydrogens (tertiary/aromatic N) is 1. The van der Waals surface area contributed by atoms with E-state index in [0.29, 0.717) is 37.1 Å². The molecule has 50 heavy (non-hydrogen) atoms. The van der Waals surface area contributed by atoms with Crippen molar-refractivity contribution in [3.63, 3.8) is 0 Å². The first kappa shape index (κ1) is 36.2. The molecule has 0 radical (unpaired) electrons. The van der Waals surface area contributed by atoms with Gasteiger partial charge in [-0.3, -0.25) is 0 Å². The first-order valence-electron chi connectivity index (χ1n) is 16.8. The predicted octanol–water partition coefficient (Wildman–Crippen LogP) is -1.02. The molecule has 1 aliphatic carbocycles. The highest BCUT2D eigenvalue weighted by atomic mass is 16.6. The monoisotopic (exact) mass is 693 g/mol. The van der Waals surface area contributed by atoms with Crippen LogP contribution >= 0.6 is 0 Å². The molecule has 10 atom stereocenters. The average molecular weight is 694 g/mol. The van der Waals surface area contributed by atoms with E-state index < -0.39 is 79.7 Å². The third-order valence-electron chi connectivity index (χ3n) is 10.1. The summed E-state index contributed by atoms with van der Waals surface area (Å²) in [4.78, 5) is 14.5. The highest BCUT2D eigenvalue weighted by Gasteiger charge is 2.47. The normalized spacial score (nSPS) is 32.7. The lowest BCUT2D eigenvalue weighted by Crippen LogP contribution is -2.58. The Bertz CT molecular complexity index is 1590. The van der Waals surface area contributed by atoms with Crippen molar-refractivity contribution in [2.24, 2.45) is 0 Å². The molecule has 3 saturated heterocycles. The van der Waals surface area contributed by atoms with Crippen LogP contribution in [0.3, 0.4) is 0 Å². The molecule has 8 N–H and O–H groups in total. The minimum atomic E-state index is -1.54. The number of likely N-dealkylation sites (tertiary alicyclic amines) is 1. The highest BCUT2D eigenvalue weighted by Crippen LogP contribution is 2.54. The lowest BCUT2D eigenvalue weighted by Gasteiger charge is -2.40. The van der Waals surface area contributed by atoms with Crippen molar-refractivity contribution >= 4 is 6.09 Å². The number of hydrogen-bond acceptors (Lipinski definition) is 12. The zero-order valence-electron chi connectivity index (χ0n) is 27.7. The van der Waals surface area contributed by atoms with Crippen LogP contribution in [0.2, 0.25) is 0 Å². The third kappa shape index (κ3) is 6.63. The van der Waals surface area contributed by atoms with E-state index in [-0.39, 0.29) is 12.2 Å². The molecule has 0 bridgehead atoms. The number of aliphatic hydroxyl groups excluding tert-OH is 8. The molecule has 2 aromatic carbocycles. The maximum absolute atomic E-state index is 12.8. The fourth-order valence-corrected chi connectivity index (χ4v) is 7.29. The van der Waals surface area contributed by atoms with E-state index in [1.807, 2.05) is 36.4 Å². The predicted molar refractivity (Wildman–Crippen MR) is 176 cm³/mol. The van der Waals surface area contributed by atoms with Crippen LogP contribution in [0, 0.1) is 23.7 Å². The van der Waals surface area contributed by atoms with Crippen molar-refractivity contribution in [1.82, 2.24) is 4.90 Å². The van der Waals surface area contributed by atoms with Gasteiger partial charge in [0.2, 0.25) is 0 Å². The topological polar surface area (TPSA) is 210 Å². The Morgan fingerprint density at radius 3 is 1.60 bits per heavy atom. The van der Waals surface area contributed by atoms with Gasteiger partial charge in [-0.25, -0.2) is 4.79 Å². The Kier molecular flexibility index (Phi) is 10.6. The number of fused-ring (bicyclic) bond motifs is 5. The minimum Gasteiger partial charge on any atom is -0.447 e. The number of carbonyl (C=O) groups is 1. The Balaban J connectivity index is 1.34. The Morgan fingerprint density at radius 1 is 0.760 bits per heavy atom. The van der Waals surface area contributed by atoms with Gasteiger partial charge in [-0.15, -0.1) is 0 Å². The molecule has 268 valence electrons. The van der Waals surface area contributed by atoms with Gasteiger partial charge in [0.15, 0.2) is 0 Å². The van der Waals surface area contributed by atoms with Crippen LogP contribution in [-0.4, -0.2) is 145 Å². The summed E-state index contributed by atoms with van der Waals surface area (Å²) < 4.78 is 16.6. The van der Waals surface area contributed by atoms with Crippen LogP contribution in [0.1, 0.15) is 48.9 Å². The largest absolute Gasteiger partial charge is 0.447 e. The van der Waals surface area contributed by atoms with E-state index in [2.05, 4.69) is 23.7 Å². The molecule has 1 amide bonds. The number of carbonyl (C=O) groups excluding carboxylic acids is 1. The van der Waals surface area contributed by atoms with Crippen molar-refractivity contribution in [1.29, 1.82) is 0 Å². The first-order valence-corrected chi connectivity index (χ1v) is 16.8. The zero-order chi connectivity index (χ0) is 35.9. The molecule has 3 fully saturated rings. The van der Waals surface area contributed by atoms with Crippen molar-refractivity contribution in [2.45, 2.75) is 99.2 Å². The van der Waals surface area contributed by atoms with Crippen molar-refractivity contribution < 1.29 is 59.9 Å². The lowest BCUT2D eigenvalue weighted by atomic mass is 9.70. The smallest absolute Gasteiger partial charge is 0.410 e. The summed E-state index contributed by atoms with van der Waals surface area (Å²) in [5.41, 5.74) is 4.61. The molecule has 6 rings (SSSR count). The molecule has 0 unspecified atom stereocenters. The molecular weight excluding hydrogens is 650 g/mol. The molecule has 13 heteroatoms. The molecule has 2 aromatic rings. The maximum atomic E-state index is 12.8. The summed E-state index contributed by atoms with van der Waals surface area (Å²) in [5, 5.41) is 80.8. The third-order valence-corrected chi connectivity index (χ3v) is 10.1. The van der Waals surface area contributed by atoms with Crippen LogP contribution in [0.4, 0.5) is 4.79 Å². The van der Waals surface area contributed by atoms with Gasteiger partial charge in [0.1, 0.15) is 61.0 Å². The van der Waals surface area contributed by atoms with Gasteiger partial charge >= 0.3 is 6.09 Å². The van der Waals surface area contributed by atoms with Crippen LogP contribution in [-0.2, 0) is 19.6 Å². The van der Waals surface area contributed by atoms with Crippen molar-refractivity contribution in [3.8, 4) is 34.8 Å². The number of amides is 1. The maximum Gasteiger partial charge on any atom is 0.410 e. The second-order valence-electron chi connectivity index (χ2n) is 13.6. The van der Waals surface area contributed by atoms with E-state index in [0.717, 1.165) is 22.3 Å². The first-order chi connectivity index (χ1) is 23.9. The average Bonchev–Trinajstić information content (AvgIpc) is 3.36. The van der Waals surface area contributed by atoms with Gasteiger partial charge in [-0.2, -0.15) is 0 Å². The number of hydrogen-bond donors (Lipinski definition) is 8. The number of rotatable bonds is 3. The Morgan fingerprint density at radius 2 is 1.20 bits per heavy atom. The lowest BCUT2D eigenvalue weighted by molar-refractivity contribution is -0.214. The van der Waals surface area contributed by atoms with Gasteiger partial charge in [-0.05, 0) is 73.2 Å². The summed E-state index contributed by atoms with van der Waals surface area (Å²) in [6.07, 6.45) is -13.0. The van der Waals surface area contributed by atoms with Crippen molar-refractivity contribution in [3.05, 3.63) is 58.7 Å². The summed E-state index contributed by atoms with van der Waals surface area (Å²) in [6.45, 7) is 3.33. The van der Waals surface area contributed by atoms with E-state index in [1.165, 1.54) is 0 Å². The summed E-state index contributed by atoms with van der Waals surface area (Å²) >= 11 is 0. The zero-order valence-corrected chi connectivity index (χ0v) is 27.7. The Labute approximate surface area is 289 Å². The number of ether oxygens (including phenoxy) is 3. The van der Waals surface area contributed by atoms with Crippen LogP contribution in [0.25, 0.3) is 11.1 Å². The summed E-state index contributed by atoms with van der Waals surface area (Å²) in [5.74, 6) is 11.8. The van der Waals surface area contributed by atoms with Gasteiger partial charge in [-0.1, -0.05) is 35.8 Å². The minimum absolute atomic E-state index is 0.263. The van der Waals surface area contributed by atoms with E-state index >= 15 is 0 Å². The quantitative estimate of drug-likeness (QED) is 0.182. The fraction of sp³-hybridized carbons (Fsp3) is 0.541. The number of aliphatic hydroxyl groups is 8. The SMILES string of the molecule is CC(C)OC(=O)N1CCC2(CC1)c1cc(C#C[C@H]3O[C@H](CO)[C@@H](O)[C@H](O)[C@@H]3O)ccc1-c1ccc(C#C[C@H]3O[C@H](CO)[C@@H](O)[C@H](O)[C@@H]3O)cc12. The molecule has 0 saturated carbocycles. The van der Waals surface area contributed by atoms with Gasteiger partial charge < -0.3 is 60.0 Å². The van der Waals surface area contributed by atoms with Crippen molar-refractivity contribution in [2.75, 3.05) is 26.3 Å². The van der Waals surface area contributed by atoms with E-state index in [1.54, 1.807) is 18.7 Å². The van der Waals surface area contributed by atoms with Crippen LogP contribution in [0.5, 0.6) is 0 Å². The summed E-state index contributed by atoms with van der Waals surface area (Å²) in [6, 6.07) is 11.5. The number of piperidine rings is 1. The van der Waals surface area contributed by atoms with Gasteiger partial charge in [0.25, 0.3) is 0 Å². The van der Waals surface area contributed by atoms with Crippen LogP contribution in [0.15, 0.2) is 36.4 Å². The Hall–Kier alpha value is -3.57. The molecule has 13 nitrogen and oxygen atoms in total. The second kappa shape index (κ2) is 14.6.